The molecule has 1 saturated heterocycles. The van der Waals surface area contributed by atoms with Crippen molar-refractivity contribution in [1.82, 2.24) is 4.90 Å². The van der Waals surface area contributed by atoms with Crippen molar-refractivity contribution in [1.29, 1.82) is 0 Å². The number of fused-ring (bicyclic) bond motifs is 1. The number of benzene rings is 2. The Morgan fingerprint density at radius 2 is 2.08 bits per heavy atom. The standard InChI is InChI=1S/C19H21N3O2/c23-19-13-24-18-7-6-15(10-17(18)21-19)20-16-8-9-22(12-16)11-14-4-2-1-3-5-14/h1-7,10,16,20H,8-9,11-13H2,(H,21,23). The van der Waals surface area contributed by atoms with E-state index in [2.05, 4.69) is 45.9 Å². The molecule has 0 radical (unpaired) electrons. The van der Waals surface area contributed by atoms with Crippen LogP contribution < -0.4 is 15.4 Å². The molecule has 2 aliphatic rings. The molecule has 1 fully saturated rings. The lowest BCUT2D eigenvalue weighted by atomic mass is 10.2. The molecule has 1 amide bonds. The van der Waals surface area contributed by atoms with E-state index >= 15 is 0 Å². The van der Waals surface area contributed by atoms with Crippen LogP contribution in [0.1, 0.15) is 12.0 Å². The third-order valence-corrected chi connectivity index (χ3v) is 4.50. The first-order chi connectivity index (χ1) is 11.8. The van der Waals surface area contributed by atoms with Crippen molar-refractivity contribution in [2.45, 2.75) is 19.0 Å². The fourth-order valence-corrected chi connectivity index (χ4v) is 3.34. The highest BCUT2D eigenvalue weighted by molar-refractivity contribution is 5.96. The van der Waals surface area contributed by atoms with E-state index in [-0.39, 0.29) is 12.5 Å². The van der Waals surface area contributed by atoms with Gasteiger partial charge in [0, 0.05) is 31.4 Å². The summed E-state index contributed by atoms with van der Waals surface area (Å²) >= 11 is 0. The third-order valence-electron chi connectivity index (χ3n) is 4.50. The van der Waals surface area contributed by atoms with E-state index in [0.717, 1.165) is 43.2 Å². The molecule has 2 heterocycles. The number of anilines is 2. The van der Waals surface area contributed by atoms with E-state index in [0.29, 0.717) is 6.04 Å². The molecule has 1 unspecified atom stereocenters. The van der Waals surface area contributed by atoms with Crippen LogP contribution in [0.5, 0.6) is 5.75 Å². The van der Waals surface area contributed by atoms with Gasteiger partial charge in [-0.15, -0.1) is 0 Å². The molecular weight excluding hydrogens is 302 g/mol. The molecule has 2 aliphatic heterocycles. The third kappa shape index (κ3) is 3.36. The zero-order valence-corrected chi connectivity index (χ0v) is 13.5. The minimum absolute atomic E-state index is 0.0941. The van der Waals surface area contributed by atoms with Gasteiger partial charge >= 0.3 is 0 Å². The minimum Gasteiger partial charge on any atom is -0.482 e. The second kappa shape index (κ2) is 6.53. The van der Waals surface area contributed by atoms with E-state index in [1.54, 1.807) is 0 Å². The van der Waals surface area contributed by atoms with Crippen molar-refractivity contribution in [2.75, 3.05) is 30.3 Å². The summed E-state index contributed by atoms with van der Waals surface area (Å²) in [5.74, 6) is 0.631. The molecule has 0 bridgehead atoms. The van der Waals surface area contributed by atoms with Gasteiger partial charge in [0.15, 0.2) is 6.61 Å². The maximum atomic E-state index is 11.4. The van der Waals surface area contributed by atoms with Crippen LogP contribution in [0.2, 0.25) is 0 Å². The largest absolute Gasteiger partial charge is 0.482 e. The summed E-state index contributed by atoms with van der Waals surface area (Å²) in [7, 11) is 0. The van der Waals surface area contributed by atoms with Crippen LogP contribution in [0, 0.1) is 0 Å². The number of nitrogens with zero attached hydrogens (tertiary/aromatic N) is 1. The van der Waals surface area contributed by atoms with E-state index in [4.69, 9.17) is 4.74 Å². The van der Waals surface area contributed by atoms with Gasteiger partial charge in [0.25, 0.3) is 5.91 Å². The van der Waals surface area contributed by atoms with Gasteiger partial charge in [-0.3, -0.25) is 9.69 Å². The minimum atomic E-state index is -0.102. The number of amides is 1. The summed E-state index contributed by atoms with van der Waals surface area (Å²) < 4.78 is 5.40. The first-order valence-electron chi connectivity index (χ1n) is 8.36. The maximum Gasteiger partial charge on any atom is 0.262 e. The van der Waals surface area contributed by atoms with E-state index < -0.39 is 0 Å². The smallest absolute Gasteiger partial charge is 0.262 e. The first kappa shape index (κ1) is 15.0. The van der Waals surface area contributed by atoms with Gasteiger partial charge in [-0.1, -0.05) is 30.3 Å². The summed E-state index contributed by atoms with van der Waals surface area (Å²) in [5.41, 5.74) is 3.12. The molecule has 0 aromatic heterocycles. The normalized spacial score (nSPS) is 20.2. The number of hydrogen-bond acceptors (Lipinski definition) is 4. The topological polar surface area (TPSA) is 53.6 Å². The SMILES string of the molecule is O=C1COc2ccc(NC3CCN(Cc4ccccc4)C3)cc2N1. The average Bonchev–Trinajstić information content (AvgIpc) is 3.02. The molecule has 5 nitrogen and oxygen atoms in total. The Labute approximate surface area is 141 Å². The fourth-order valence-electron chi connectivity index (χ4n) is 3.34. The summed E-state index contributed by atoms with van der Waals surface area (Å²) in [6, 6.07) is 16.9. The van der Waals surface area contributed by atoms with Gasteiger partial charge in [-0.2, -0.15) is 0 Å². The second-order valence-electron chi connectivity index (χ2n) is 6.40. The molecule has 2 aromatic rings. The predicted molar refractivity (Wildman–Crippen MR) is 94.3 cm³/mol. The molecular formula is C19H21N3O2. The first-order valence-corrected chi connectivity index (χ1v) is 8.36. The van der Waals surface area contributed by atoms with Crippen LogP contribution in [-0.2, 0) is 11.3 Å². The van der Waals surface area contributed by atoms with Gasteiger partial charge < -0.3 is 15.4 Å². The maximum absolute atomic E-state index is 11.4. The van der Waals surface area contributed by atoms with Crippen molar-refractivity contribution in [2.24, 2.45) is 0 Å². The fraction of sp³-hybridized carbons (Fsp3) is 0.316. The zero-order valence-electron chi connectivity index (χ0n) is 13.5. The van der Waals surface area contributed by atoms with Crippen molar-refractivity contribution in [3.8, 4) is 5.75 Å². The predicted octanol–water partition coefficient (Wildman–Crippen LogP) is 2.70. The Morgan fingerprint density at radius 3 is 2.96 bits per heavy atom. The second-order valence-corrected chi connectivity index (χ2v) is 6.40. The van der Waals surface area contributed by atoms with E-state index in [1.807, 2.05) is 18.2 Å². The van der Waals surface area contributed by atoms with Crippen molar-refractivity contribution in [3.63, 3.8) is 0 Å². The Kier molecular flexibility index (Phi) is 4.09. The highest BCUT2D eigenvalue weighted by Crippen LogP contribution is 2.31. The van der Waals surface area contributed by atoms with Crippen LogP contribution in [0.4, 0.5) is 11.4 Å². The van der Waals surface area contributed by atoms with Gasteiger partial charge in [-0.25, -0.2) is 0 Å². The molecule has 2 N–H and O–H groups in total. The van der Waals surface area contributed by atoms with Gasteiger partial charge in [0.2, 0.25) is 0 Å². The number of likely N-dealkylation sites (tertiary alicyclic amines) is 1. The molecule has 24 heavy (non-hydrogen) atoms. The lowest BCUT2D eigenvalue weighted by Crippen LogP contribution is -2.27. The van der Waals surface area contributed by atoms with Crippen LogP contribution in [0.25, 0.3) is 0 Å². The van der Waals surface area contributed by atoms with Crippen LogP contribution in [0.15, 0.2) is 48.5 Å². The molecule has 5 heteroatoms. The molecule has 2 aromatic carbocycles. The van der Waals surface area contributed by atoms with Crippen molar-refractivity contribution in [3.05, 3.63) is 54.1 Å². The van der Waals surface area contributed by atoms with Crippen molar-refractivity contribution < 1.29 is 9.53 Å². The number of hydrogen-bond donors (Lipinski definition) is 2. The molecule has 124 valence electrons. The Bertz CT molecular complexity index is 733. The van der Waals surface area contributed by atoms with E-state index in [1.165, 1.54) is 5.56 Å². The molecule has 0 spiro atoms. The number of ether oxygens (including phenoxy) is 1. The summed E-state index contributed by atoms with van der Waals surface area (Å²) in [6.45, 7) is 3.20. The number of rotatable bonds is 4. The van der Waals surface area contributed by atoms with E-state index in [9.17, 15) is 4.79 Å². The van der Waals surface area contributed by atoms with Gasteiger partial charge in [0.05, 0.1) is 5.69 Å². The summed E-state index contributed by atoms with van der Waals surface area (Å²) in [4.78, 5) is 13.9. The lowest BCUT2D eigenvalue weighted by molar-refractivity contribution is -0.118. The number of carbonyl (C=O) groups excluding carboxylic acids is 1. The molecule has 0 saturated carbocycles. The van der Waals surface area contributed by atoms with Crippen molar-refractivity contribution >= 4 is 17.3 Å². The Hall–Kier alpha value is -2.53. The van der Waals surface area contributed by atoms with Gasteiger partial charge in [0.1, 0.15) is 5.75 Å². The quantitative estimate of drug-likeness (QED) is 0.908. The van der Waals surface area contributed by atoms with Crippen LogP contribution >= 0.6 is 0 Å². The Balaban J connectivity index is 1.36. The van der Waals surface area contributed by atoms with Gasteiger partial charge in [-0.05, 0) is 30.2 Å². The molecule has 4 rings (SSSR count). The summed E-state index contributed by atoms with van der Waals surface area (Å²) in [6.07, 6.45) is 1.12. The highest BCUT2D eigenvalue weighted by Gasteiger charge is 2.23. The summed E-state index contributed by atoms with van der Waals surface area (Å²) in [5, 5.41) is 6.43. The average molecular weight is 323 g/mol. The van der Waals surface area contributed by atoms with Crippen LogP contribution in [-0.4, -0.2) is 36.5 Å². The molecule has 1 atom stereocenters. The monoisotopic (exact) mass is 323 g/mol. The Morgan fingerprint density at radius 1 is 1.21 bits per heavy atom. The molecule has 0 aliphatic carbocycles. The lowest BCUT2D eigenvalue weighted by Gasteiger charge is -2.21. The highest BCUT2D eigenvalue weighted by atomic mass is 16.5. The van der Waals surface area contributed by atoms with Crippen LogP contribution in [0.3, 0.4) is 0 Å². The number of carbonyl (C=O) groups is 1. The number of nitrogens with one attached hydrogen (secondary N) is 2. The zero-order chi connectivity index (χ0) is 16.4.